The number of benzene rings is 1. The molecule has 1 aromatic heterocycles. The molecule has 31 heavy (non-hydrogen) atoms. The number of hydrogen-bond donors (Lipinski definition) is 3. The van der Waals surface area contributed by atoms with Gasteiger partial charge in [-0.2, -0.15) is 4.98 Å². The molecule has 1 aromatic carbocycles. The normalized spacial score (nSPS) is 18.0. The second kappa shape index (κ2) is 9.34. The summed E-state index contributed by atoms with van der Waals surface area (Å²) >= 11 is 0. The van der Waals surface area contributed by atoms with Gasteiger partial charge >= 0.3 is 6.01 Å². The van der Waals surface area contributed by atoms with Crippen molar-refractivity contribution in [2.24, 2.45) is 22.4 Å². The van der Waals surface area contributed by atoms with E-state index < -0.39 is 5.41 Å². The van der Waals surface area contributed by atoms with Crippen LogP contribution in [-0.4, -0.2) is 40.7 Å². The van der Waals surface area contributed by atoms with Crippen LogP contribution in [-0.2, 0) is 5.41 Å². The predicted molar refractivity (Wildman–Crippen MR) is 123 cm³/mol. The standard InChI is InChI=1S/C23H32N6O2/c1-15(2)23(4,21-27-22(31-28-21)29-11-9-20(30)10-12-29)19-7-5-17(6-8-19)18(13-24)14-26-16(3)25/h5-8,13-15,20,30H,3,9-12,24-25H2,1-2,4H3/b18-13+,26-14?/t23-/m1/s1. The monoisotopic (exact) mass is 424 g/mol. The first-order valence-electron chi connectivity index (χ1n) is 10.5. The maximum Gasteiger partial charge on any atom is 0.324 e. The molecule has 1 aliphatic heterocycles. The first kappa shape index (κ1) is 22.6. The Bertz CT molecular complexity index is 955. The molecule has 1 fully saturated rings. The van der Waals surface area contributed by atoms with Gasteiger partial charge in [-0.3, -0.25) is 0 Å². The maximum atomic E-state index is 9.75. The summed E-state index contributed by atoms with van der Waals surface area (Å²) < 4.78 is 5.61. The first-order valence-corrected chi connectivity index (χ1v) is 10.5. The second-order valence-electron chi connectivity index (χ2n) is 8.42. The molecule has 8 nitrogen and oxygen atoms in total. The van der Waals surface area contributed by atoms with E-state index in [1.54, 1.807) is 6.21 Å². The van der Waals surface area contributed by atoms with E-state index in [-0.39, 0.29) is 17.8 Å². The van der Waals surface area contributed by atoms with Gasteiger partial charge in [-0.1, -0.05) is 49.8 Å². The smallest absolute Gasteiger partial charge is 0.324 e. The van der Waals surface area contributed by atoms with Gasteiger partial charge in [0.15, 0.2) is 5.82 Å². The van der Waals surface area contributed by atoms with E-state index >= 15 is 0 Å². The van der Waals surface area contributed by atoms with Crippen molar-refractivity contribution < 1.29 is 9.63 Å². The molecular weight excluding hydrogens is 392 g/mol. The van der Waals surface area contributed by atoms with Crippen LogP contribution in [0.4, 0.5) is 6.01 Å². The molecule has 0 saturated carbocycles. The highest BCUT2D eigenvalue weighted by Gasteiger charge is 2.38. The van der Waals surface area contributed by atoms with Gasteiger partial charge in [-0.25, -0.2) is 4.99 Å². The zero-order valence-corrected chi connectivity index (χ0v) is 18.5. The van der Waals surface area contributed by atoms with Crippen LogP contribution in [0.2, 0.25) is 0 Å². The van der Waals surface area contributed by atoms with Crippen molar-refractivity contribution in [2.45, 2.75) is 45.1 Å². The number of aromatic nitrogens is 2. The van der Waals surface area contributed by atoms with E-state index in [4.69, 9.17) is 21.0 Å². The molecule has 166 valence electrons. The molecule has 8 heteroatoms. The summed E-state index contributed by atoms with van der Waals surface area (Å²) in [6.07, 6.45) is 4.25. The molecule has 2 heterocycles. The molecule has 2 aromatic rings. The number of nitrogens with zero attached hydrogens (tertiary/aromatic N) is 4. The number of hydrogen-bond acceptors (Lipinski definition) is 8. The molecule has 1 aliphatic rings. The lowest BCUT2D eigenvalue weighted by molar-refractivity contribution is 0.143. The van der Waals surface area contributed by atoms with Crippen molar-refractivity contribution in [1.29, 1.82) is 0 Å². The third-order valence-corrected chi connectivity index (χ3v) is 6.14. The van der Waals surface area contributed by atoms with Gasteiger partial charge in [0.05, 0.1) is 11.5 Å². The first-order chi connectivity index (χ1) is 14.8. The van der Waals surface area contributed by atoms with Gasteiger partial charge in [-0.15, -0.1) is 0 Å². The zero-order valence-electron chi connectivity index (χ0n) is 18.5. The molecule has 1 saturated heterocycles. The maximum absolute atomic E-state index is 9.75. The summed E-state index contributed by atoms with van der Waals surface area (Å²) in [6, 6.07) is 8.60. The van der Waals surface area contributed by atoms with Crippen LogP contribution in [0.15, 0.2) is 52.4 Å². The summed E-state index contributed by atoms with van der Waals surface area (Å²) in [5, 5.41) is 14.1. The minimum Gasteiger partial charge on any atom is -0.404 e. The minimum atomic E-state index is -0.443. The number of rotatable bonds is 7. The molecule has 0 amide bonds. The van der Waals surface area contributed by atoms with Crippen molar-refractivity contribution in [3.05, 3.63) is 59.8 Å². The van der Waals surface area contributed by atoms with E-state index in [0.717, 1.165) is 16.7 Å². The molecule has 0 radical (unpaired) electrons. The Morgan fingerprint density at radius 2 is 1.97 bits per heavy atom. The minimum absolute atomic E-state index is 0.221. The zero-order chi connectivity index (χ0) is 22.6. The van der Waals surface area contributed by atoms with E-state index in [0.29, 0.717) is 37.8 Å². The highest BCUT2D eigenvalue weighted by Crippen LogP contribution is 2.38. The Morgan fingerprint density at radius 1 is 1.32 bits per heavy atom. The van der Waals surface area contributed by atoms with Gasteiger partial charge in [0.2, 0.25) is 0 Å². The molecule has 0 spiro atoms. The van der Waals surface area contributed by atoms with Crippen LogP contribution in [0.5, 0.6) is 0 Å². The third-order valence-electron chi connectivity index (χ3n) is 6.14. The number of allylic oxidation sites excluding steroid dienone is 1. The SMILES string of the molecule is C=C(N)N=C/C(=C\N)c1ccc([C@](C)(c2noc(N3CCC(O)CC3)n2)C(C)C)cc1. The number of aliphatic hydroxyl groups excluding tert-OH is 1. The lowest BCUT2D eigenvalue weighted by Gasteiger charge is -2.31. The fourth-order valence-corrected chi connectivity index (χ4v) is 3.71. The number of piperidine rings is 1. The van der Waals surface area contributed by atoms with E-state index in [1.807, 2.05) is 17.0 Å². The third kappa shape index (κ3) is 4.80. The summed E-state index contributed by atoms with van der Waals surface area (Å²) in [6.45, 7) is 11.4. The van der Waals surface area contributed by atoms with E-state index in [1.165, 1.54) is 6.20 Å². The fourth-order valence-electron chi connectivity index (χ4n) is 3.71. The molecule has 0 aliphatic carbocycles. The highest BCUT2D eigenvalue weighted by atomic mass is 16.5. The summed E-state index contributed by atoms with van der Waals surface area (Å²) in [5.74, 6) is 1.09. The summed E-state index contributed by atoms with van der Waals surface area (Å²) in [4.78, 5) is 10.8. The summed E-state index contributed by atoms with van der Waals surface area (Å²) in [5.41, 5.74) is 13.6. The highest BCUT2D eigenvalue weighted by molar-refractivity contribution is 6.09. The molecule has 0 unspecified atom stereocenters. The molecule has 5 N–H and O–H groups in total. The lowest BCUT2D eigenvalue weighted by Crippen LogP contribution is -2.36. The van der Waals surface area contributed by atoms with Crippen molar-refractivity contribution in [3.8, 4) is 0 Å². The Kier molecular flexibility index (Phi) is 6.80. The van der Waals surface area contributed by atoms with Gasteiger partial charge in [-0.05, 0) is 36.8 Å². The number of nitrogens with two attached hydrogens (primary N) is 2. The van der Waals surface area contributed by atoms with Crippen LogP contribution in [0.1, 0.15) is 50.6 Å². The van der Waals surface area contributed by atoms with Gasteiger partial charge in [0.25, 0.3) is 0 Å². The Balaban J connectivity index is 1.88. The average molecular weight is 425 g/mol. The predicted octanol–water partition coefficient (Wildman–Crippen LogP) is 2.79. The second-order valence-corrected chi connectivity index (χ2v) is 8.42. The van der Waals surface area contributed by atoms with Gasteiger partial charge < -0.3 is 26.0 Å². The Hall–Kier alpha value is -3.13. The Labute approximate surface area is 183 Å². The van der Waals surface area contributed by atoms with E-state index in [2.05, 4.69) is 49.6 Å². The topological polar surface area (TPSA) is 127 Å². The lowest BCUT2D eigenvalue weighted by atomic mass is 9.72. The van der Waals surface area contributed by atoms with Crippen molar-refractivity contribution >= 4 is 17.8 Å². The van der Waals surface area contributed by atoms with E-state index in [9.17, 15) is 5.11 Å². The fraction of sp³-hybridized carbons (Fsp3) is 0.435. The molecule has 1 atom stereocenters. The molecule has 0 bridgehead atoms. The molecule has 3 rings (SSSR count). The van der Waals surface area contributed by atoms with Crippen molar-refractivity contribution in [3.63, 3.8) is 0 Å². The van der Waals surface area contributed by atoms with Crippen molar-refractivity contribution in [2.75, 3.05) is 18.0 Å². The molecular formula is C23H32N6O2. The summed E-state index contributed by atoms with van der Waals surface area (Å²) in [7, 11) is 0. The van der Waals surface area contributed by atoms with Crippen LogP contribution in [0, 0.1) is 5.92 Å². The Morgan fingerprint density at radius 3 is 2.52 bits per heavy atom. The average Bonchev–Trinajstić information content (AvgIpc) is 3.25. The number of anilines is 1. The van der Waals surface area contributed by atoms with Gasteiger partial charge in [0.1, 0.15) is 5.82 Å². The quantitative estimate of drug-likeness (QED) is 0.583. The van der Waals surface area contributed by atoms with Crippen LogP contribution in [0.25, 0.3) is 5.57 Å². The van der Waals surface area contributed by atoms with Crippen LogP contribution < -0.4 is 16.4 Å². The van der Waals surface area contributed by atoms with Crippen LogP contribution >= 0.6 is 0 Å². The van der Waals surface area contributed by atoms with Crippen LogP contribution in [0.3, 0.4) is 0 Å². The largest absolute Gasteiger partial charge is 0.404 e. The van der Waals surface area contributed by atoms with Gasteiger partial charge in [0, 0.05) is 31.1 Å². The van der Waals surface area contributed by atoms with Crippen molar-refractivity contribution in [1.82, 2.24) is 10.1 Å². The number of aliphatic hydroxyl groups is 1. The number of aliphatic imine (C=N–C) groups is 1.